The molecule has 2 aromatic rings. The molecule has 164 valence electrons. The fourth-order valence-corrected chi connectivity index (χ4v) is 5.68. The second kappa shape index (κ2) is 9.56. The van der Waals surface area contributed by atoms with E-state index in [-0.39, 0.29) is 41.7 Å². The number of sulfone groups is 1. The molecule has 3 rings (SSSR count). The van der Waals surface area contributed by atoms with Gasteiger partial charge in [0.15, 0.2) is 9.84 Å². The number of ketones is 2. The molecule has 2 aromatic carbocycles. The zero-order chi connectivity index (χ0) is 22.6. The van der Waals surface area contributed by atoms with E-state index in [9.17, 15) is 22.8 Å². The van der Waals surface area contributed by atoms with Crippen LogP contribution in [0.2, 0.25) is 0 Å². The van der Waals surface area contributed by atoms with E-state index in [1.54, 1.807) is 32.0 Å². The van der Waals surface area contributed by atoms with Crippen molar-refractivity contribution >= 4 is 27.3 Å². The summed E-state index contributed by atoms with van der Waals surface area (Å²) >= 11 is 0. The van der Waals surface area contributed by atoms with Crippen molar-refractivity contribution in [3.05, 3.63) is 65.7 Å². The molecular formula is C24H27NO5S. The van der Waals surface area contributed by atoms with Crippen LogP contribution in [0, 0.1) is 17.8 Å². The van der Waals surface area contributed by atoms with Crippen molar-refractivity contribution in [2.75, 3.05) is 5.75 Å². The summed E-state index contributed by atoms with van der Waals surface area (Å²) in [6.45, 7) is 3.84. The smallest absolute Gasteiger partial charge is 0.287 e. The van der Waals surface area contributed by atoms with Crippen LogP contribution in [-0.4, -0.2) is 31.6 Å². The predicted octanol–water partition coefficient (Wildman–Crippen LogP) is 2.75. The van der Waals surface area contributed by atoms with Crippen LogP contribution in [-0.2, 0) is 37.2 Å². The van der Waals surface area contributed by atoms with Gasteiger partial charge in [0.05, 0.1) is 10.6 Å². The van der Waals surface area contributed by atoms with Crippen molar-refractivity contribution in [3.8, 4) is 0 Å². The van der Waals surface area contributed by atoms with Gasteiger partial charge in [-0.3, -0.25) is 14.4 Å². The molecule has 2 atom stereocenters. The van der Waals surface area contributed by atoms with Crippen molar-refractivity contribution in [1.29, 1.82) is 0 Å². The van der Waals surface area contributed by atoms with Gasteiger partial charge in [-0.05, 0) is 35.6 Å². The summed E-state index contributed by atoms with van der Waals surface area (Å²) < 4.78 is 25.7. The molecule has 2 bridgehead atoms. The van der Waals surface area contributed by atoms with Crippen molar-refractivity contribution < 1.29 is 22.8 Å². The second-order valence-corrected chi connectivity index (χ2v) is 10.4. The van der Waals surface area contributed by atoms with E-state index in [4.69, 9.17) is 0 Å². The topological polar surface area (TPSA) is 97.4 Å². The van der Waals surface area contributed by atoms with Gasteiger partial charge in [0, 0.05) is 24.8 Å². The van der Waals surface area contributed by atoms with Gasteiger partial charge < -0.3 is 5.32 Å². The molecule has 7 heteroatoms. The van der Waals surface area contributed by atoms with E-state index in [0.29, 0.717) is 0 Å². The molecule has 0 radical (unpaired) electrons. The number of hydrogen-bond acceptors (Lipinski definition) is 5. The Hall–Kier alpha value is -2.80. The minimum absolute atomic E-state index is 0.163. The Balaban J connectivity index is 1.82. The minimum Gasteiger partial charge on any atom is -0.345 e. The summed E-state index contributed by atoms with van der Waals surface area (Å²) in [5, 5.41) is 2.60. The van der Waals surface area contributed by atoms with E-state index >= 15 is 0 Å². The molecule has 1 N–H and O–H groups in total. The van der Waals surface area contributed by atoms with Gasteiger partial charge in [-0.15, -0.1) is 0 Å². The SMILES string of the molecule is CC(C)C(CS(=O)(=O)c1ccccc1)C(=O)CC1Cc2cccc(c2)CNC(=O)C1=O. The van der Waals surface area contributed by atoms with Crippen molar-refractivity contribution in [2.24, 2.45) is 17.8 Å². The highest BCUT2D eigenvalue weighted by Crippen LogP contribution is 2.25. The summed E-state index contributed by atoms with van der Waals surface area (Å²) in [6, 6.07) is 15.5. The Morgan fingerprint density at radius 3 is 2.39 bits per heavy atom. The van der Waals surface area contributed by atoms with Crippen molar-refractivity contribution in [2.45, 2.75) is 38.1 Å². The number of benzene rings is 2. The van der Waals surface area contributed by atoms with Gasteiger partial charge in [-0.1, -0.05) is 56.3 Å². The number of nitrogens with one attached hydrogen (secondary N) is 1. The highest BCUT2D eigenvalue weighted by atomic mass is 32.2. The third-order valence-corrected chi connectivity index (χ3v) is 7.48. The molecule has 0 aliphatic carbocycles. The first-order valence-corrected chi connectivity index (χ1v) is 12.0. The van der Waals surface area contributed by atoms with E-state index in [1.807, 2.05) is 24.3 Å². The standard InChI is InChI=1S/C24H27NO5S/c1-16(2)21(15-31(29,30)20-9-4-3-5-10-20)22(26)13-19-12-17-7-6-8-18(11-17)14-25-24(28)23(19)27/h3-11,16,19,21H,12-15H2,1-2H3,(H,25,28). The highest BCUT2D eigenvalue weighted by molar-refractivity contribution is 7.91. The van der Waals surface area contributed by atoms with Crippen LogP contribution in [0.3, 0.4) is 0 Å². The van der Waals surface area contributed by atoms with Gasteiger partial charge >= 0.3 is 0 Å². The summed E-state index contributed by atoms with van der Waals surface area (Å²) in [5.41, 5.74) is 1.76. The monoisotopic (exact) mass is 441 g/mol. The fraction of sp³-hybridized carbons (Fsp3) is 0.375. The Bertz CT molecular complexity index is 1080. The predicted molar refractivity (Wildman–Crippen MR) is 117 cm³/mol. The van der Waals surface area contributed by atoms with Gasteiger partial charge in [0.1, 0.15) is 5.78 Å². The molecule has 0 fully saturated rings. The molecule has 6 nitrogen and oxygen atoms in total. The zero-order valence-corrected chi connectivity index (χ0v) is 18.5. The summed E-state index contributed by atoms with van der Waals surface area (Å²) in [6.07, 6.45) is 0.103. The fourth-order valence-electron chi connectivity index (χ4n) is 3.88. The van der Waals surface area contributed by atoms with Crippen LogP contribution >= 0.6 is 0 Å². The third-order valence-electron chi connectivity index (χ3n) is 5.69. The van der Waals surface area contributed by atoms with E-state index in [0.717, 1.165) is 11.1 Å². The molecule has 1 aliphatic rings. The number of Topliss-reactive ketones (excluding diaryl/α,β-unsaturated/α-hetero) is 2. The second-order valence-electron chi connectivity index (χ2n) is 8.38. The van der Waals surface area contributed by atoms with Crippen LogP contribution in [0.4, 0.5) is 0 Å². The average molecular weight is 442 g/mol. The molecule has 0 spiro atoms. The maximum absolute atomic E-state index is 13.2. The van der Waals surface area contributed by atoms with Crippen LogP contribution in [0.25, 0.3) is 0 Å². The Morgan fingerprint density at radius 1 is 1.03 bits per heavy atom. The number of hydrogen-bond donors (Lipinski definition) is 1. The number of amides is 1. The Kier molecular flexibility index (Phi) is 7.05. The molecule has 31 heavy (non-hydrogen) atoms. The minimum atomic E-state index is -3.66. The summed E-state index contributed by atoms with van der Waals surface area (Å²) in [5.74, 6) is -3.79. The number of carbonyl (C=O) groups excluding carboxylic acids is 3. The number of rotatable bonds is 7. The first-order valence-electron chi connectivity index (χ1n) is 10.4. The first kappa shape index (κ1) is 22.9. The average Bonchev–Trinajstić information content (AvgIpc) is 2.78. The zero-order valence-electron chi connectivity index (χ0n) is 17.7. The summed E-state index contributed by atoms with van der Waals surface area (Å²) in [4.78, 5) is 38.3. The van der Waals surface area contributed by atoms with Crippen molar-refractivity contribution in [1.82, 2.24) is 5.32 Å². The van der Waals surface area contributed by atoms with Gasteiger partial charge in [-0.25, -0.2) is 8.42 Å². The van der Waals surface area contributed by atoms with Gasteiger partial charge in [-0.2, -0.15) is 0 Å². The Labute approximate surface area is 183 Å². The molecule has 2 unspecified atom stereocenters. The molecule has 0 saturated heterocycles. The molecular weight excluding hydrogens is 414 g/mol. The van der Waals surface area contributed by atoms with Crippen molar-refractivity contribution in [3.63, 3.8) is 0 Å². The lowest BCUT2D eigenvalue weighted by Crippen LogP contribution is -2.38. The Morgan fingerprint density at radius 2 is 1.71 bits per heavy atom. The lowest BCUT2D eigenvalue weighted by molar-refractivity contribution is -0.141. The normalized spacial score (nSPS) is 18.0. The maximum atomic E-state index is 13.2. The largest absolute Gasteiger partial charge is 0.345 e. The molecule has 1 aliphatic heterocycles. The van der Waals surface area contributed by atoms with Gasteiger partial charge in [0.2, 0.25) is 5.78 Å². The third kappa shape index (κ3) is 5.67. The lowest BCUT2D eigenvalue weighted by Gasteiger charge is -2.22. The lowest BCUT2D eigenvalue weighted by atomic mass is 9.84. The van der Waals surface area contributed by atoms with E-state index < -0.39 is 33.4 Å². The molecule has 0 aromatic heterocycles. The van der Waals surface area contributed by atoms with Gasteiger partial charge in [0.25, 0.3) is 5.91 Å². The molecule has 1 heterocycles. The first-order chi connectivity index (χ1) is 14.7. The van der Waals surface area contributed by atoms with E-state index in [1.165, 1.54) is 12.1 Å². The quantitative estimate of drug-likeness (QED) is 0.667. The molecule has 0 saturated carbocycles. The van der Waals surface area contributed by atoms with Crippen LogP contribution in [0.5, 0.6) is 0 Å². The number of fused-ring (bicyclic) bond motifs is 2. The number of carbonyl (C=O) groups is 3. The molecule has 1 amide bonds. The highest BCUT2D eigenvalue weighted by Gasteiger charge is 2.34. The van der Waals surface area contributed by atoms with E-state index in [2.05, 4.69) is 5.32 Å². The maximum Gasteiger partial charge on any atom is 0.287 e. The van der Waals surface area contributed by atoms with Crippen LogP contribution < -0.4 is 5.32 Å². The van der Waals surface area contributed by atoms with Crippen LogP contribution in [0.15, 0.2) is 59.5 Å². The van der Waals surface area contributed by atoms with Crippen LogP contribution in [0.1, 0.15) is 31.4 Å². The summed E-state index contributed by atoms with van der Waals surface area (Å²) in [7, 11) is -3.66.